The van der Waals surface area contributed by atoms with Crippen LogP contribution >= 0.6 is 34.8 Å². The van der Waals surface area contributed by atoms with Gasteiger partial charge in [-0.1, -0.05) is 34.8 Å². The summed E-state index contributed by atoms with van der Waals surface area (Å²) in [5.74, 6) is 5.21. The average molecular weight is 350 g/mol. The summed E-state index contributed by atoms with van der Waals surface area (Å²) < 4.78 is 5.36. The summed E-state index contributed by atoms with van der Waals surface area (Å²) in [7, 11) is 0. The van der Waals surface area contributed by atoms with Gasteiger partial charge >= 0.3 is 5.69 Å². The van der Waals surface area contributed by atoms with Gasteiger partial charge in [0, 0.05) is 11.1 Å². The standard InChI is InChI=1S/C11H7Cl3N4O3/c12-5-1-2-9(8(3-5)18(19)20)21-11-7(14)4-6(13)10(16-11)17-15/h1-4H,15H2,(H,16,17). The lowest BCUT2D eigenvalue weighted by molar-refractivity contribution is -0.385. The molecular formula is C11H7Cl3N4O3. The largest absolute Gasteiger partial charge is 0.430 e. The number of hydrogen-bond donors (Lipinski definition) is 2. The zero-order valence-electron chi connectivity index (χ0n) is 10.1. The van der Waals surface area contributed by atoms with Gasteiger partial charge in [0.1, 0.15) is 5.02 Å². The first-order valence-electron chi connectivity index (χ1n) is 5.37. The predicted octanol–water partition coefficient (Wildman–Crippen LogP) is 4.03. The van der Waals surface area contributed by atoms with Crippen molar-refractivity contribution >= 4 is 46.3 Å². The van der Waals surface area contributed by atoms with Crippen molar-refractivity contribution in [2.75, 3.05) is 5.43 Å². The molecule has 0 amide bonds. The molecule has 1 heterocycles. The number of nitrogens with two attached hydrogens (primary N) is 1. The lowest BCUT2D eigenvalue weighted by Gasteiger charge is -2.10. The fourth-order valence-electron chi connectivity index (χ4n) is 1.45. The number of hydrazine groups is 1. The third-order valence-corrected chi connectivity index (χ3v) is 3.15. The van der Waals surface area contributed by atoms with Gasteiger partial charge in [0.2, 0.25) is 11.6 Å². The van der Waals surface area contributed by atoms with Crippen LogP contribution in [-0.2, 0) is 0 Å². The van der Waals surface area contributed by atoms with E-state index in [0.717, 1.165) is 6.07 Å². The summed E-state index contributed by atoms with van der Waals surface area (Å²) in [5.41, 5.74) is 1.94. The lowest BCUT2D eigenvalue weighted by atomic mass is 10.3. The van der Waals surface area contributed by atoms with Crippen LogP contribution in [0.5, 0.6) is 11.6 Å². The molecule has 2 aromatic rings. The molecule has 10 heteroatoms. The van der Waals surface area contributed by atoms with Gasteiger partial charge in [-0.3, -0.25) is 10.1 Å². The van der Waals surface area contributed by atoms with Crippen molar-refractivity contribution < 1.29 is 9.66 Å². The predicted molar refractivity (Wildman–Crippen MR) is 80.2 cm³/mol. The van der Waals surface area contributed by atoms with E-state index in [2.05, 4.69) is 10.4 Å². The van der Waals surface area contributed by atoms with E-state index < -0.39 is 4.92 Å². The first-order valence-corrected chi connectivity index (χ1v) is 6.50. The van der Waals surface area contributed by atoms with Crippen LogP contribution < -0.4 is 16.0 Å². The minimum atomic E-state index is -0.632. The van der Waals surface area contributed by atoms with Crippen LogP contribution in [0, 0.1) is 10.1 Å². The normalized spacial score (nSPS) is 10.3. The molecule has 0 bridgehead atoms. The van der Waals surface area contributed by atoms with Gasteiger partial charge in [0.05, 0.1) is 9.95 Å². The number of pyridine rings is 1. The van der Waals surface area contributed by atoms with Crippen LogP contribution in [0.3, 0.4) is 0 Å². The topological polar surface area (TPSA) is 103 Å². The van der Waals surface area contributed by atoms with Crippen molar-refractivity contribution in [3.63, 3.8) is 0 Å². The molecule has 0 aliphatic rings. The van der Waals surface area contributed by atoms with Crippen LogP contribution in [0.25, 0.3) is 0 Å². The van der Waals surface area contributed by atoms with Gasteiger partial charge in [-0.25, -0.2) is 5.84 Å². The molecule has 1 aromatic carbocycles. The van der Waals surface area contributed by atoms with Crippen molar-refractivity contribution in [2.45, 2.75) is 0 Å². The molecule has 0 saturated carbocycles. The Morgan fingerprint density at radius 3 is 2.57 bits per heavy atom. The first-order chi connectivity index (χ1) is 9.92. The highest BCUT2D eigenvalue weighted by Crippen LogP contribution is 2.37. The number of benzene rings is 1. The second kappa shape index (κ2) is 6.31. The van der Waals surface area contributed by atoms with Crippen molar-refractivity contribution in [3.05, 3.63) is 49.4 Å². The molecule has 0 aliphatic carbocycles. The summed E-state index contributed by atoms with van der Waals surface area (Å²) >= 11 is 17.5. The van der Waals surface area contributed by atoms with E-state index in [4.69, 9.17) is 45.4 Å². The molecule has 1 aromatic heterocycles. The number of anilines is 1. The molecule has 0 aliphatic heterocycles. The Balaban J connectivity index is 2.45. The van der Waals surface area contributed by atoms with Gasteiger partial charge in [-0.2, -0.15) is 4.98 Å². The molecule has 0 saturated heterocycles. The minimum absolute atomic E-state index is 0.0657. The Hall–Kier alpha value is -1.80. The van der Waals surface area contributed by atoms with E-state index in [1.165, 1.54) is 18.2 Å². The number of ether oxygens (including phenoxy) is 1. The molecule has 110 valence electrons. The van der Waals surface area contributed by atoms with E-state index >= 15 is 0 Å². The van der Waals surface area contributed by atoms with Gasteiger partial charge in [-0.15, -0.1) is 0 Å². The van der Waals surface area contributed by atoms with Crippen molar-refractivity contribution in [2.24, 2.45) is 5.84 Å². The Morgan fingerprint density at radius 1 is 1.24 bits per heavy atom. The molecule has 0 atom stereocenters. The average Bonchev–Trinajstić information content (AvgIpc) is 2.43. The summed E-state index contributed by atoms with van der Waals surface area (Å²) in [6.45, 7) is 0. The molecule has 0 radical (unpaired) electrons. The highest BCUT2D eigenvalue weighted by Gasteiger charge is 2.19. The number of halogens is 3. The number of nitrogens with one attached hydrogen (secondary N) is 1. The first kappa shape index (κ1) is 15.6. The van der Waals surface area contributed by atoms with E-state index in [1.807, 2.05) is 0 Å². The van der Waals surface area contributed by atoms with Crippen molar-refractivity contribution in [1.82, 2.24) is 4.98 Å². The van der Waals surface area contributed by atoms with Crippen LogP contribution in [0.1, 0.15) is 0 Å². The molecular weight excluding hydrogens is 343 g/mol. The molecule has 2 rings (SSSR count). The minimum Gasteiger partial charge on any atom is -0.430 e. The highest BCUT2D eigenvalue weighted by molar-refractivity contribution is 6.36. The van der Waals surface area contributed by atoms with Crippen LogP contribution in [-0.4, -0.2) is 9.91 Å². The number of nitrogen functional groups attached to an aromatic ring is 1. The fourth-order valence-corrected chi connectivity index (χ4v) is 2.06. The van der Waals surface area contributed by atoms with Crippen LogP contribution in [0.15, 0.2) is 24.3 Å². The number of rotatable bonds is 4. The zero-order valence-corrected chi connectivity index (χ0v) is 12.4. The Labute approximate surface area is 133 Å². The number of nitro benzene ring substituents is 1. The summed E-state index contributed by atoms with van der Waals surface area (Å²) in [6, 6.07) is 5.28. The summed E-state index contributed by atoms with van der Waals surface area (Å²) in [5, 5.41) is 11.4. The van der Waals surface area contributed by atoms with E-state index in [9.17, 15) is 10.1 Å². The second-order valence-electron chi connectivity index (χ2n) is 3.72. The molecule has 0 unspecified atom stereocenters. The lowest BCUT2D eigenvalue weighted by Crippen LogP contribution is -2.09. The molecule has 3 N–H and O–H groups in total. The number of nitro groups is 1. The Morgan fingerprint density at radius 2 is 1.95 bits per heavy atom. The Bertz CT molecular complexity index is 711. The van der Waals surface area contributed by atoms with Crippen LogP contribution in [0.4, 0.5) is 11.5 Å². The number of nitrogens with zero attached hydrogens (tertiary/aromatic N) is 2. The maximum absolute atomic E-state index is 11.0. The highest BCUT2D eigenvalue weighted by atomic mass is 35.5. The fraction of sp³-hybridized carbons (Fsp3) is 0. The van der Waals surface area contributed by atoms with Gasteiger partial charge in [-0.05, 0) is 18.2 Å². The molecule has 0 fully saturated rings. The summed E-state index contributed by atoms with van der Waals surface area (Å²) in [6.07, 6.45) is 0. The van der Waals surface area contributed by atoms with E-state index in [1.54, 1.807) is 0 Å². The SMILES string of the molecule is NNc1nc(Oc2ccc(Cl)cc2[N+](=O)[O-])c(Cl)cc1Cl. The Kier molecular flexibility index (Phi) is 4.69. The maximum Gasteiger partial charge on any atom is 0.313 e. The number of hydrogen-bond acceptors (Lipinski definition) is 6. The molecule has 7 nitrogen and oxygen atoms in total. The number of aromatic nitrogens is 1. The second-order valence-corrected chi connectivity index (χ2v) is 4.97. The molecule has 21 heavy (non-hydrogen) atoms. The van der Waals surface area contributed by atoms with Crippen molar-refractivity contribution in [1.29, 1.82) is 0 Å². The zero-order chi connectivity index (χ0) is 15.6. The van der Waals surface area contributed by atoms with Crippen molar-refractivity contribution in [3.8, 4) is 11.6 Å². The maximum atomic E-state index is 11.0. The smallest absolute Gasteiger partial charge is 0.313 e. The van der Waals surface area contributed by atoms with E-state index in [-0.39, 0.29) is 38.2 Å². The summed E-state index contributed by atoms with van der Waals surface area (Å²) in [4.78, 5) is 14.3. The van der Waals surface area contributed by atoms with E-state index in [0.29, 0.717) is 0 Å². The third kappa shape index (κ3) is 3.45. The van der Waals surface area contributed by atoms with Crippen LogP contribution in [0.2, 0.25) is 15.1 Å². The van der Waals surface area contributed by atoms with Gasteiger partial charge in [0.25, 0.3) is 0 Å². The quantitative estimate of drug-likeness (QED) is 0.491. The third-order valence-electron chi connectivity index (χ3n) is 2.36. The molecule has 0 spiro atoms. The van der Waals surface area contributed by atoms with Gasteiger partial charge < -0.3 is 10.2 Å². The monoisotopic (exact) mass is 348 g/mol. The van der Waals surface area contributed by atoms with Gasteiger partial charge in [0.15, 0.2) is 5.82 Å².